The molecule has 0 aromatic heterocycles. The van der Waals surface area contributed by atoms with Crippen LogP contribution in [0.15, 0.2) is 18.2 Å². The van der Waals surface area contributed by atoms with Crippen molar-refractivity contribution in [3.63, 3.8) is 0 Å². The number of benzene rings is 1. The van der Waals surface area contributed by atoms with Crippen LogP contribution >= 0.6 is 23.2 Å². The summed E-state index contributed by atoms with van der Waals surface area (Å²) in [7, 11) is 0. The molecule has 0 aliphatic rings. The van der Waals surface area contributed by atoms with E-state index in [2.05, 4.69) is 39.1 Å². The highest BCUT2D eigenvalue weighted by molar-refractivity contribution is 6.42. The highest BCUT2D eigenvalue weighted by Gasteiger charge is 2.17. The lowest BCUT2D eigenvalue weighted by Gasteiger charge is -2.27. The van der Waals surface area contributed by atoms with Crippen molar-refractivity contribution in [1.29, 1.82) is 0 Å². The van der Waals surface area contributed by atoms with Crippen molar-refractivity contribution in [3.8, 4) is 0 Å². The maximum Gasteiger partial charge on any atom is 0.0595 e. The maximum absolute atomic E-state index is 6.09. The van der Waals surface area contributed by atoms with Crippen molar-refractivity contribution in [1.82, 2.24) is 5.32 Å². The lowest BCUT2D eigenvalue weighted by Crippen LogP contribution is -2.36. The lowest BCUT2D eigenvalue weighted by molar-refractivity contribution is 0.340. The molecule has 102 valence electrons. The lowest BCUT2D eigenvalue weighted by atomic mass is 9.97. The summed E-state index contributed by atoms with van der Waals surface area (Å²) in [5.74, 6) is 0.631. The molecule has 0 spiro atoms. The molecule has 18 heavy (non-hydrogen) atoms. The Labute approximate surface area is 121 Å². The average Bonchev–Trinajstić information content (AvgIpc) is 2.34. The molecular formula is C15H23Cl2N. The van der Waals surface area contributed by atoms with Gasteiger partial charge in [0, 0.05) is 12.1 Å². The van der Waals surface area contributed by atoms with Gasteiger partial charge in [-0.15, -0.1) is 0 Å². The number of halogens is 2. The number of nitrogens with one attached hydrogen (secondary N) is 1. The van der Waals surface area contributed by atoms with Crippen LogP contribution in [0.2, 0.25) is 10.0 Å². The van der Waals surface area contributed by atoms with Crippen LogP contribution in [0.25, 0.3) is 0 Å². The minimum absolute atomic E-state index is 0.340. The second-order valence-corrected chi connectivity index (χ2v) is 5.87. The summed E-state index contributed by atoms with van der Waals surface area (Å²) in [6.07, 6.45) is 2.18. The van der Waals surface area contributed by atoms with Crippen LogP contribution in [0.1, 0.15) is 52.1 Å². The second-order valence-electron chi connectivity index (χ2n) is 5.06. The Morgan fingerprint density at radius 1 is 1.06 bits per heavy atom. The molecule has 1 aromatic rings. The Balaban J connectivity index is 2.85. The Hall–Kier alpha value is -0.240. The third kappa shape index (κ3) is 4.15. The summed E-state index contributed by atoms with van der Waals surface area (Å²) in [4.78, 5) is 0. The molecule has 1 aromatic carbocycles. The monoisotopic (exact) mass is 287 g/mol. The fourth-order valence-corrected chi connectivity index (χ4v) is 2.53. The van der Waals surface area contributed by atoms with Crippen LogP contribution in [-0.2, 0) is 0 Å². The maximum atomic E-state index is 6.09. The third-order valence-electron chi connectivity index (χ3n) is 3.41. The van der Waals surface area contributed by atoms with E-state index in [-0.39, 0.29) is 0 Å². The molecule has 0 amide bonds. The van der Waals surface area contributed by atoms with Gasteiger partial charge in [0.2, 0.25) is 0 Å². The van der Waals surface area contributed by atoms with Crippen LogP contribution in [0.5, 0.6) is 0 Å². The van der Waals surface area contributed by atoms with Crippen molar-refractivity contribution in [2.24, 2.45) is 5.92 Å². The molecule has 3 heteroatoms. The predicted molar refractivity (Wildman–Crippen MR) is 81.5 cm³/mol. The first-order chi connectivity index (χ1) is 8.49. The average molecular weight is 288 g/mol. The molecule has 2 unspecified atom stereocenters. The van der Waals surface area contributed by atoms with Crippen molar-refractivity contribution >= 4 is 23.2 Å². The molecule has 0 fully saturated rings. The van der Waals surface area contributed by atoms with Gasteiger partial charge >= 0.3 is 0 Å². The first-order valence-corrected chi connectivity index (χ1v) is 7.46. The SMILES string of the molecule is CCC(NC(CC)C(C)C)c1ccc(Cl)c(Cl)c1. The zero-order valence-electron chi connectivity index (χ0n) is 11.6. The van der Waals surface area contributed by atoms with E-state index >= 15 is 0 Å². The van der Waals surface area contributed by atoms with Gasteiger partial charge < -0.3 is 5.32 Å². The highest BCUT2D eigenvalue weighted by Crippen LogP contribution is 2.27. The van der Waals surface area contributed by atoms with Crippen LogP contribution < -0.4 is 5.32 Å². The zero-order chi connectivity index (χ0) is 13.7. The zero-order valence-corrected chi connectivity index (χ0v) is 13.1. The first kappa shape index (κ1) is 15.8. The second kappa shape index (κ2) is 7.37. The summed E-state index contributed by atoms with van der Waals surface area (Å²) < 4.78 is 0. The van der Waals surface area contributed by atoms with E-state index in [4.69, 9.17) is 23.2 Å². The standard InChI is InChI=1S/C15H23Cl2N/c1-5-14(10(3)4)18-15(6-2)11-7-8-12(16)13(17)9-11/h7-10,14-15,18H,5-6H2,1-4H3. The van der Waals surface area contributed by atoms with Crippen molar-refractivity contribution < 1.29 is 0 Å². The van der Waals surface area contributed by atoms with E-state index in [1.165, 1.54) is 5.56 Å². The van der Waals surface area contributed by atoms with Gasteiger partial charge in [0.15, 0.2) is 0 Å². The summed E-state index contributed by atoms with van der Waals surface area (Å²) >= 11 is 12.0. The van der Waals surface area contributed by atoms with Crippen LogP contribution in [-0.4, -0.2) is 6.04 Å². The Morgan fingerprint density at radius 2 is 1.72 bits per heavy atom. The molecule has 0 heterocycles. The first-order valence-electron chi connectivity index (χ1n) is 6.70. The van der Waals surface area contributed by atoms with Crippen LogP contribution in [0.3, 0.4) is 0 Å². The van der Waals surface area contributed by atoms with E-state index in [1.54, 1.807) is 0 Å². The van der Waals surface area contributed by atoms with Gasteiger partial charge in [0.05, 0.1) is 10.0 Å². The quantitative estimate of drug-likeness (QED) is 0.732. The molecule has 0 radical (unpaired) electrons. The minimum atomic E-state index is 0.340. The molecule has 0 bridgehead atoms. The van der Waals surface area contributed by atoms with Gasteiger partial charge in [-0.25, -0.2) is 0 Å². The van der Waals surface area contributed by atoms with Gasteiger partial charge in [-0.3, -0.25) is 0 Å². The topological polar surface area (TPSA) is 12.0 Å². The molecule has 1 N–H and O–H groups in total. The summed E-state index contributed by atoms with van der Waals surface area (Å²) in [6.45, 7) is 8.91. The third-order valence-corrected chi connectivity index (χ3v) is 4.15. The number of hydrogen-bond acceptors (Lipinski definition) is 1. The molecule has 1 rings (SSSR count). The van der Waals surface area contributed by atoms with E-state index in [0.29, 0.717) is 28.0 Å². The highest BCUT2D eigenvalue weighted by atomic mass is 35.5. The Bertz CT molecular complexity index is 377. The molecule has 0 saturated carbocycles. The van der Waals surface area contributed by atoms with Gasteiger partial charge in [0.25, 0.3) is 0 Å². The smallest absolute Gasteiger partial charge is 0.0595 e. The molecule has 1 nitrogen and oxygen atoms in total. The summed E-state index contributed by atoms with van der Waals surface area (Å²) in [5, 5.41) is 4.96. The Morgan fingerprint density at radius 3 is 2.17 bits per heavy atom. The number of hydrogen-bond donors (Lipinski definition) is 1. The fourth-order valence-electron chi connectivity index (χ4n) is 2.22. The normalized spacial score (nSPS) is 14.8. The molecule has 0 aliphatic carbocycles. The van der Waals surface area contributed by atoms with E-state index in [0.717, 1.165) is 12.8 Å². The molecule has 0 saturated heterocycles. The minimum Gasteiger partial charge on any atom is -0.307 e. The van der Waals surface area contributed by atoms with Crippen molar-refractivity contribution in [3.05, 3.63) is 33.8 Å². The van der Waals surface area contributed by atoms with Gasteiger partial charge in [-0.2, -0.15) is 0 Å². The van der Waals surface area contributed by atoms with Crippen molar-refractivity contribution in [2.75, 3.05) is 0 Å². The van der Waals surface area contributed by atoms with E-state index in [1.807, 2.05) is 12.1 Å². The molecule has 2 atom stereocenters. The summed E-state index contributed by atoms with van der Waals surface area (Å²) in [5.41, 5.74) is 1.21. The van der Waals surface area contributed by atoms with E-state index < -0.39 is 0 Å². The van der Waals surface area contributed by atoms with Crippen LogP contribution in [0.4, 0.5) is 0 Å². The fraction of sp³-hybridized carbons (Fsp3) is 0.600. The Kier molecular flexibility index (Phi) is 6.48. The van der Waals surface area contributed by atoms with Gasteiger partial charge in [-0.05, 0) is 36.5 Å². The largest absolute Gasteiger partial charge is 0.307 e. The van der Waals surface area contributed by atoms with Crippen LogP contribution in [0, 0.1) is 5.92 Å². The molecule has 0 aliphatic heterocycles. The predicted octanol–water partition coefficient (Wildman–Crippen LogP) is 5.47. The van der Waals surface area contributed by atoms with Gasteiger partial charge in [0.1, 0.15) is 0 Å². The van der Waals surface area contributed by atoms with Crippen molar-refractivity contribution in [2.45, 2.75) is 52.6 Å². The van der Waals surface area contributed by atoms with Gasteiger partial charge in [-0.1, -0.05) is 57.0 Å². The van der Waals surface area contributed by atoms with E-state index in [9.17, 15) is 0 Å². The molecular weight excluding hydrogens is 265 g/mol. The summed E-state index contributed by atoms with van der Waals surface area (Å²) in [6, 6.07) is 6.77. The number of rotatable bonds is 6.